The highest BCUT2D eigenvalue weighted by atomic mass is 79.9. The van der Waals surface area contributed by atoms with Gasteiger partial charge in [0.2, 0.25) is 5.95 Å². The van der Waals surface area contributed by atoms with E-state index in [-0.39, 0.29) is 0 Å². The summed E-state index contributed by atoms with van der Waals surface area (Å²) in [6.45, 7) is 0. The topological polar surface area (TPSA) is 43.8 Å². The molecule has 2 rings (SSSR count). The van der Waals surface area contributed by atoms with Crippen LogP contribution in [0.5, 0.6) is 0 Å². The van der Waals surface area contributed by atoms with Crippen LogP contribution in [0.25, 0.3) is 11.0 Å². The SMILES string of the molecule is Cn1c(N)nc2cc(Br)cc(Cl)c21. The molecule has 0 spiro atoms. The molecule has 1 aromatic heterocycles. The Morgan fingerprint density at radius 1 is 1.54 bits per heavy atom. The summed E-state index contributed by atoms with van der Waals surface area (Å²) >= 11 is 9.38. The fourth-order valence-corrected chi connectivity index (χ4v) is 2.20. The molecule has 0 bridgehead atoms. The molecule has 0 aliphatic rings. The largest absolute Gasteiger partial charge is 0.369 e. The first-order valence-electron chi connectivity index (χ1n) is 3.66. The molecular formula is C8H7BrClN3. The second-order valence-corrected chi connectivity index (χ2v) is 4.11. The lowest BCUT2D eigenvalue weighted by Crippen LogP contribution is -1.96. The number of nitrogens with zero attached hydrogens (tertiary/aromatic N) is 2. The highest BCUT2D eigenvalue weighted by Gasteiger charge is 2.08. The van der Waals surface area contributed by atoms with Crippen LogP contribution in [0.4, 0.5) is 5.95 Å². The summed E-state index contributed by atoms with van der Waals surface area (Å²) < 4.78 is 2.67. The van der Waals surface area contributed by atoms with Crippen molar-refractivity contribution in [2.24, 2.45) is 7.05 Å². The average Bonchev–Trinajstić information content (AvgIpc) is 2.27. The molecule has 0 saturated heterocycles. The van der Waals surface area contributed by atoms with Gasteiger partial charge in [0.1, 0.15) is 0 Å². The van der Waals surface area contributed by atoms with E-state index in [1.54, 1.807) is 4.57 Å². The fraction of sp³-hybridized carbons (Fsp3) is 0.125. The Hall–Kier alpha value is -0.740. The minimum Gasteiger partial charge on any atom is -0.369 e. The van der Waals surface area contributed by atoms with Gasteiger partial charge in [0.15, 0.2) is 0 Å². The van der Waals surface area contributed by atoms with Crippen molar-refractivity contribution in [2.45, 2.75) is 0 Å². The molecule has 1 heterocycles. The van der Waals surface area contributed by atoms with Crippen molar-refractivity contribution in [1.29, 1.82) is 0 Å². The second kappa shape index (κ2) is 2.89. The molecule has 0 unspecified atom stereocenters. The molecule has 13 heavy (non-hydrogen) atoms. The molecule has 0 fully saturated rings. The van der Waals surface area contributed by atoms with Gasteiger partial charge in [0.25, 0.3) is 0 Å². The van der Waals surface area contributed by atoms with Gasteiger partial charge in [-0.25, -0.2) is 4.98 Å². The fourth-order valence-electron chi connectivity index (χ4n) is 1.28. The molecule has 0 radical (unpaired) electrons. The number of nitrogen functional groups attached to an aromatic ring is 1. The van der Waals surface area contributed by atoms with E-state index < -0.39 is 0 Å². The van der Waals surface area contributed by atoms with Crippen LogP contribution >= 0.6 is 27.5 Å². The number of aromatic nitrogens is 2. The lowest BCUT2D eigenvalue weighted by atomic mass is 10.3. The van der Waals surface area contributed by atoms with Crippen LogP contribution < -0.4 is 5.73 Å². The molecule has 0 aliphatic heterocycles. The Kier molecular flexibility index (Phi) is 1.96. The van der Waals surface area contributed by atoms with Crippen LogP contribution in [0, 0.1) is 0 Å². The third-order valence-corrected chi connectivity index (χ3v) is 2.67. The zero-order chi connectivity index (χ0) is 9.59. The van der Waals surface area contributed by atoms with Gasteiger partial charge in [0.05, 0.1) is 16.1 Å². The number of benzene rings is 1. The van der Waals surface area contributed by atoms with E-state index in [0.717, 1.165) is 15.5 Å². The van der Waals surface area contributed by atoms with Crippen molar-refractivity contribution < 1.29 is 0 Å². The molecular weight excluding hydrogens is 253 g/mol. The zero-order valence-electron chi connectivity index (χ0n) is 6.88. The van der Waals surface area contributed by atoms with Crippen LogP contribution in [0.2, 0.25) is 5.02 Å². The third-order valence-electron chi connectivity index (χ3n) is 1.92. The number of hydrogen-bond acceptors (Lipinski definition) is 2. The lowest BCUT2D eigenvalue weighted by molar-refractivity contribution is 0.965. The number of aryl methyl sites for hydroxylation is 1. The first-order valence-corrected chi connectivity index (χ1v) is 4.83. The maximum atomic E-state index is 6.03. The molecule has 0 amide bonds. The summed E-state index contributed by atoms with van der Waals surface area (Å²) in [5, 5.41) is 0.649. The standard InChI is InChI=1S/C8H7BrClN3/c1-13-7-5(10)2-4(9)3-6(7)12-8(13)11/h2-3H,1H3,(H2,11,12). The number of anilines is 1. The van der Waals surface area contributed by atoms with Gasteiger partial charge in [-0.05, 0) is 12.1 Å². The molecule has 2 aromatic rings. The van der Waals surface area contributed by atoms with Gasteiger partial charge in [-0.2, -0.15) is 0 Å². The third kappa shape index (κ3) is 1.30. The van der Waals surface area contributed by atoms with E-state index in [0.29, 0.717) is 11.0 Å². The Morgan fingerprint density at radius 2 is 2.23 bits per heavy atom. The highest BCUT2D eigenvalue weighted by Crippen LogP contribution is 2.28. The van der Waals surface area contributed by atoms with E-state index in [1.807, 2.05) is 19.2 Å². The van der Waals surface area contributed by atoms with Crippen molar-refractivity contribution in [2.75, 3.05) is 5.73 Å². The van der Waals surface area contributed by atoms with E-state index in [2.05, 4.69) is 20.9 Å². The number of imidazole rings is 1. The van der Waals surface area contributed by atoms with Crippen LogP contribution in [0.3, 0.4) is 0 Å². The van der Waals surface area contributed by atoms with Gasteiger partial charge in [-0.3, -0.25) is 0 Å². The van der Waals surface area contributed by atoms with Gasteiger partial charge in [-0.15, -0.1) is 0 Å². The summed E-state index contributed by atoms with van der Waals surface area (Å²) in [4.78, 5) is 4.16. The van der Waals surface area contributed by atoms with Crippen LogP contribution in [0.1, 0.15) is 0 Å². The molecule has 3 nitrogen and oxygen atoms in total. The van der Waals surface area contributed by atoms with Crippen molar-refractivity contribution in [3.05, 3.63) is 21.6 Å². The first kappa shape index (κ1) is 8.84. The van der Waals surface area contributed by atoms with Crippen molar-refractivity contribution in [3.63, 3.8) is 0 Å². The minimum atomic E-state index is 0.468. The number of hydrogen-bond donors (Lipinski definition) is 1. The second-order valence-electron chi connectivity index (χ2n) is 2.78. The smallest absolute Gasteiger partial charge is 0.200 e. The highest BCUT2D eigenvalue weighted by molar-refractivity contribution is 9.10. The zero-order valence-corrected chi connectivity index (χ0v) is 9.22. The Morgan fingerprint density at radius 3 is 2.92 bits per heavy atom. The average molecular weight is 261 g/mol. The summed E-state index contributed by atoms with van der Waals surface area (Å²) in [5.41, 5.74) is 7.32. The maximum Gasteiger partial charge on any atom is 0.200 e. The molecule has 0 aliphatic carbocycles. The minimum absolute atomic E-state index is 0.468. The summed E-state index contributed by atoms with van der Waals surface area (Å²) in [6.07, 6.45) is 0. The predicted molar refractivity (Wildman–Crippen MR) is 57.8 cm³/mol. The Bertz CT molecular complexity index is 478. The Labute approximate surface area is 88.6 Å². The van der Waals surface area contributed by atoms with Crippen molar-refractivity contribution >= 4 is 44.5 Å². The van der Waals surface area contributed by atoms with E-state index in [4.69, 9.17) is 17.3 Å². The summed E-state index contributed by atoms with van der Waals surface area (Å²) in [7, 11) is 1.84. The summed E-state index contributed by atoms with van der Waals surface area (Å²) in [5.74, 6) is 0.468. The monoisotopic (exact) mass is 259 g/mol. The molecule has 68 valence electrons. The number of rotatable bonds is 0. The van der Waals surface area contributed by atoms with E-state index in [9.17, 15) is 0 Å². The van der Waals surface area contributed by atoms with Gasteiger partial charge >= 0.3 is 0 Å². The number of fused-ring (bicyclic) bond motifs is 1. The van der Waals surface area contributed by atoms with Crippen molar-refractivity contribution in [3.8, 4) is 0 Å². The van der Waals surface area contributed by atoms with Crippen molar-refractivity contribution in [1.82, 2.24) is 9.55 Å². The van der Waals surface area contributed by atoms with E-state index in [1.165, 1.54) is 0 Å². The normalized spacial score (nSPS) is 11.0. The number of halogens is 2. The molecule has 0 atom stereocenters. The quantitative estimate of drug-likeness (QED) is 0.791. The van der Waals surface area contributed by atoms with Gasteiger partial charge in [0, 0.05) is 11.5 Å². The number of nitrogens with two attached hydrogens (primary N) is 1. The van der Waals surface area contributed by atoms with E-state index >= 15 is 0 Å². The van der Waals surface area contributed by atoms with Gasteiger partial charge < -0.3 is 10.3 Å². The van der Waals surface area contributed by atoms with Crippen LogP contribution in [-0.4, -0.2) is 9.55 Å². The molecule has 5 heteroatoms. The molecule has 2 N–H and O–H groups in total. The Balaban J connectivity index is 2.94. The van der Waals surface area contributed by atoms with Crippen LogP contribution in [0.15, 0.2) is 16.6 Å². The molecule has 0 saturated carbocycles. The lowest BCUT2D eigenvalue weighted by Gasteiger charge is -1.98. The predicted octanol–water partition coefficient (Wildman–Crippen LogP) is 2.57. The maximum absolute atomic E-state index is 6.03. The first-order chi connectivity index (χ1) is 6.09. The van der Waals surface area contributed by atoms with Crippen LogP contribution in [-0.2, 0) is 7.05 Å². The van der Waals surface area contributed by atoms with Gasteiger partial charge in [-0.1, -0.05) is 27.5 Å². The molecule has 1 aromatic carbocycles. The summed E-state index contributed by atoms with van der Waals surface area (Å²) in [6, 6.07) is 3.71.